The molecule has 0 radical (unpaired) electrons. The Labute approximate surface area is 101 Å². The predicted octanol–water partition coefficient (Wildman–Crippen LogP) is 1.73. The molecule has 0 aromatic heterocycles. The monoisotopic (exact) mass is 228 g/mol. The summed E-state index contributed by atoms with van der Waals surface area (Å²) in [6.45, 7) is 8.64. The Morgan fingerprint density at radius 2 is 1.94 bits per heavy atom. The van der Waals surface area contributed by atoms with E-state index in [2.05, 4.69) is 24.2 Å². The van der Waals surface area contributed by atoms with Crippen molar-refractivity contribution in [1.82, 2.24) is 10.2 Å². The lowest BCUT2D eigenvalue weighted by molar-refractivity contribution is 0.135. The normalized spacial score (nSPS) is 19.1. The van der Waals surface area contributed by atoms with Crippen LogP contribution in [0.1, 0.15) is 32.6 Å². The van der Waals surface area contributed by atoms with Crippen LogP contribution in [0.4, 0.5) is 0 Å². The first-order chi connectivity index (χ1) is 7.83. The molecule has 1 aliphatic heterocycles. The van der Waals surface area contributed by atoms with E-state index in [0.717, 1.165) is 38.6 Å². The molecule has 0 spiro atoms. The van der Waals surface area contributed by atoms with Crippen LogP contribution in [0.2, 0.25) is 0 Å². The quantitative estimate of drug-likeness (QED) is 0.640. The summed E-state index contributed by atoms with van der Waals surface area (Å²) in [4.78, 5) is 2.43. The van der Waals surface area contributed by atoms with Crippen molar-refractivity contribution in [3.63, 3.8) is 0 Å². The van der Waals surface area contributed by atoms with E-state index in [-0.39, 0.29) is 0 Å². The summed E-state index contributed by atoms with van der Waals surface area (Å²) >= 11 is 0. The van der Waals surface area contributed by atoms with Gasteiger partial charge in [-0.2, -0.15) is 0 Å². The highest BCUT2D eigenvalue weighted by Gasteiger charge is 2.15. The highest BCUT2D eigenvalue weighted by atomic mass is 16.5. The van der Waals surface area contributed by atoms with Crippen LogP contribution in [0.5, 0.6) is 0 Å². The van der Waals surface area contributed by atoms with Crippen LogP contribution in [-0.2, 0) is 4.74 Å². The van der Waals surface area contributed by atoms with E-state index < -0.39 is 0 Å². The molecule has 1 rings (SSSR count). The minimum atomic E-state index is 0.862. The van der Waals surface area contributed by atoms with Gasteiger partial charge < -0.3 is 15.0 Å². The second-order valence-electron chi connectivity index (χ2n) is 4.90. The molecule has 1 fully saturated rings. The molecule has 0 bridgehead atoms. The first-order valence-corrected chi connectivity index (χ1v) is 6.80. The molecule has 0 unspecified atom stereocenters. The molecule has 0 saturated carbocycles. The smallest absolute Gasteiger partial charge is 0.0590 e. The average Bonchev–Trinajstić information content (AvgIpc) is 2.30. The third-order valence-corrected chi connectivity index (χ3v) is 3.34. The van der Waals surface area contributed by atoms with E-state index in [4.69, 9.17) is 4.74 Å². The predicted molar refractivity (Wildman–Crippen MR) is 68.8 cm³/mol. The van der Waals surface area contributed by atoms with Crippen molar-refractivity contribution in [2.45, 2.75) is 32.6 Å². The van der Waals surface area contributed by atoms with Gasteiger partial charge in [-0.3, -0.25) is 0 Å². The largest absolute Gasteiger partial charge is 0.380 e. The molecule has 0 aromatic carbocycles. The van der Waals surface area contributed by atoms with Crippen molar-refractivity contribution in [2.75, 3.05) is 46.4 Å². The lowest BCUT2D eigenvalue weighted by Crippen LogP contribution is -2.32. The third kappa shape index (κ3) is 6.46. The van der Waals surface area contributed by atoms with Gasteiger partial charge in [-0.25, -0.2) is 0 Å². The molecule has 16 heavy (non-hydrogen) atoms. The molecular weight excluding hydrogens is 200 g/mol. The molecule has 0 aliphatic carbocycles. The molecule has 1 heterocycles. The average molecular weight is 228 g/mol. The van der Waals surface area contributed by atoms with Crippen molar-refractivity contribution in [1.29, 1.82) is 0 Å². The first kappa shape index (κ1) is 13.9. The Balaban J connectivity index is 1.84. The van der Waals surface area contributed by atoms with E-state index >= 15 is 0 Å². The Morgan fingerprint density at radius 3 is 2.62 bits per heavy atom. The van der Waals surface area contributed by atoms with Crippen LogP contribution in [0.3, 0.4) is 0 Å². The van der Waals surface area contributed by atoms with E-state index in [1.807, 2.05) is 0 Å². The molecule has 1 saturated heterocycles. The molecule has 1 aliphatic rings. The van der Waals surface area contributed by atoms with E-state index in [1.165, 1.54) is 32.4 Å². The number of nitrogens with one attached hydrogen (secondary N) is 1. The lowest BCUT2D eigenvalue weighted by atomic mass is 9.94. The number of nitrogens with zero attached hydrogens (tertiary/aromatic N) is 1. The Morgan fingerprint density at radius 1 is 1.19 bits per heavy atom. The molecule has 0 aromatic rings. The van der Waals surface area contributed by atoms with Gasteiger partial charge in [0, 0.05) is 13.2 Å². The molecule has 3 heteroatoms. The fourth-order valence-electron chi connectivity index (χ4n) is 2.17. The number of rotatable bonds is 8. The topological polar surface area (TPSA) is 24.5 Å². The fraction of sp³-hybridized carbons (Fsp3) is 1.00. The number of hydrogen-bond donors (Lipinski definition) is 1. The number of hydrogen-bond acceptors (Lipinski definition) is 3. The summed E-state index contributed by atoms with van der Waals surface area (Å²) in [5.41, 5.74) is 0. The minimum Gasteiger partial charge on any atom is -0.380 e. The second-order valence-corrected chi connectivity index (χ2v) is 4.90. The molecule has 0 amide bonds. The Bertz CT molecular complexity index is 156. The van der Waals surface area contributed by atoms with Gasteiger partial charge in [-0.1, -0.05) is 6.92 Å². The van der Waals surface area contributed by atoms with Gasteiger partial charge >= 0.3 is 0 Å². The molecule has 0 atom stereocenters. The maximum atomic E-state index is 5.42. The van der Waals surface area contributed by atoms with Gasteiger partial charge in [-0.05, 0) is 58.3 Å². The third-order valence-electron chi connectivity index (χ3n) is 3.34. The zero-order valence-electron chi connectivity index (χ0n) is 11.0. The SMILES string of the molecule is CCCOCCNCCC1CCN(C)CC1. The zero-order valence-corrected chi connectivity index (χ0v) is 11.0. The number of piperidine rings is 1. The van der Waals surface area contributed by atoms with E-state index in [1.54, 1.807) is 0 Å². The summed E-state index contributed by atoms with van der Waals surface area (Å²) in [6, 6.07) is 0. The van der Waals surface area contributed by atoms with Crippen molar-refractivity contribution in [3.8, 4) is 0 Å². The number of likely N-dealkylation sites (tertiary alicyclic amines) is 1. The van der Waals surface area contributed by atoms with E-state index in [9.17, 15) is 0 Å². The number of ether oxygens (including phenoxy) is 1. The second kappa shape index (κ2) is 8.97. The summed E-state index contributed by atoms with van der Waals surface area (Å²) in [5.74, 6) is 0.945. The lowest BCUT2D eigenvalue weighted by Gasteiger charge is -2.28. The van der Waals surface area contributed by atoms with Crippen molar-refractivity contribution in [3.05, 3.63) is 0 Å². The molecule has 3 nitrogen and oxygen atoms in total. The van der Waals surface area contributed by atoms with E-state index in [0.29, 0.717) is 0 Å². The molecular formula is C13H28N2O. The van der Waals surface area contributed by atoms with Gasteiger partial charge in [0.25, 0.3) is 0 Å². The van der Waals surface area contributed by atoms with Crippen LogP contribution in [0, 0.1) is 5.92 Å². The van der Waals surface area contributed by atoms with Gasteiger partial charge in [0.15, 0.2) is 0 Å². The highest BCUT2D eigenvalue weighted by molar-refractivity contribution is 4.70. The first-order valence-electron chi connectivity index (χ1n) is 6.80. The van der Waals surface area contributed by atoms with Crippen molar-refractivity contribution < 1.29 is 4.74 Å². The van der Waals surface area contributed by atoms with Gasteiger partial charge in [-0.15, -0.1) is 0 Å². The summed E-state index contributed by atoms with van der Waals surface area (Å²) < 4.78 is 5.42. The van der Waals surface area contributed by atoms with Crippen LogP contribution in [0.25, 0.3) is 0 Å². The standard InChI is InChI=1S/C13H28N2O/c1-3-11-16-12-8-14-7-4-13-5-9-15(2)10-6-13/h13-14H,3-12H2,1-2H3. The Hall–Kier alpha value is -0.120. The van der Waals surface area contributed by atoms with Crippen LogP contribution in [-0.4, -0.2) is 51.3 Å². The fourth-order valence-corrected chi connectivity index (χ4v) is 2.17. The summed E-state index contributed by atoms with van der Waals surface area (Å²) in [6.07, 6.45) is 5.21. The maximum Gasteiger partial charge on any atom is 0.0590 e. The van der Waals surface area contributed by atoms with Gasteiger partial charge in [0.1, 0.15) is 0 Å². The molecule has 1 N–H and O–H groups in total. The molecule has 96 valence electrons. The van der Waals surface area contributed by atoms with Crippen LogP contribution >= 0.6 is 0 Å². The van der Waals surface area contributed by atoms with Gasteiger partial charge in [0.05, 0.1) is 6.61 Å². The minimum absolute atomic E-state index is 0.862. The van der Waals surface area contributed by atoms with Crippen molar-refractivity contribution in [2.24, 2.45) is 5.92 Å². The zero-order chi connectivity index (χ0) is 11.6. The van der Waals surface area contributed by atoms with Crippen LogP contribution in [0.15, 0.2) is 0 Å². The highest BCUT2D eigenvalue weighted by Crippen LogP contribution is 2.18. The Kier molecular flexibility index (Phi) is 7.81. The van der Waals surface area contributed by atoms with Crippen molar-refractivity contribution >= 4 is 0 Å². The summed E-state index contributed by atoms with van der Waals surface area (Å²) in [7, 11) is 2.22. The van der Waals surface area contributed by atoms with Gasteiger partial charge in [0.2, 0.25) is 0 Å². The summed E-state index contributed by atoms with van der Waals surface area (Å²) in [5, 5.41) is 3.46. The van der Waals surface area contributed by atoms with Crippen LogP contribution < -0.4 is 5.32 Å². The maximum absolute atomic E-state index is 5.42.